The lowest BCUT2D eigenvalue weighted by Gasteiger charge is -2.22. The van der Waals surface area contributed by atoms with Gasteiger partial charge in [-0.3, -0.25) is 9.59 Å². The Morgan fingerprint density at radius 1 is 1.07 bits per heavy atom. The van der Waals surface area contributed by atoms with Crippen LogP contribution in [0.1, 0.15) is 36.4 Å². The third-order valence-electron chi connectivity index (χ3n) is 4.62. The fourth-order valence-corrected chi connectivity index (χ4v) is 3.13. The van der Waals surface area contributed by atoms with Crippen LogP contribution in [0.4, 0.5) is 5.69 Å². The molecule has 140 valence electrons. The van der Waals surface area contributed by atoms with Crippen molar-refractivity contribution in [3.63, 3.8) is 0 Å². The summed E-state index contributed by atoms with van der Waals surface area (Å²) in [6.45, 7) is 0. The average molecular weight is 365 g/mol. The molecule has 6 heteroatoms. The smallest absolute Gasteiger partial charge is 0.303 e. The van der Waals surface area contributed by atoms with Gasteiger partial charge in [0.2, 0.25) is 5.91 Å². The van der Waals surface area contributed by atoms with Crippen LogP contribution in [0.3, 0.4) is 0 Å². The molecule has 0 aliphatic carbocycles. The Hall–Kier alpha value is -3.15. The van der Waals surface area contributed by atoms with E-state index in [0.29, 0.717) is 6.42 Å². The maximum atomic E-state index is 12.6. The normalized spacial score (nSPS) is 16.1. The lowest BCUT2D eigenvalue weighted by molar-refractivity contribution is -0.141. The van der Waals surface area contributed by atoms with E-state index < -0.39 is 5.97 Å². The van der Waals surface area contributed by atoms with Crippen molar-refractivity contribution in [1.29, 1.82) is 0 Å². The minimum absolute atomic E-state index is 0.0623. The van der Waals surface area contributed by atoms with Gasteiger partial charge < -0.3 is 10.0 Å². The highest BCUT2D eigenvalue weighted by Gasteiger charge is 2.33. The average Bonchev–Trinajstić information content (AvgIpc) is 3.12. The molecule has 1 aliphatic rings. The van der Waals surface area contributed by atoms with Gasteiger partial charge in [-0.2, -0.15) is 5.10 Å². The lowest BCUT2D eigenvalue weighted by Crippen LogP contribution is -2.27. The van der Waals surface area contributed by atoms with E-state index in [1.807, 2.05) is 73.6 Å². The van der Waals surface area contributed by atoms with Crippen molar-refractivity contribution in [3.05, 3.63) is 65.7 Å². The van der Waals surface area contributed by atoms with E-state index in [2.05, 4.69) is 5.10 Å². The van der Waals surface area contributed by atoms with Crippen LogP contribution in [0.15, 0.2) is 59.7 Å². The van der Waals surface area contributed by atoms with E-state index in [0.717, 1.165) is 22.5 Å². The molecule has 0 bridgehead atoms. The zero-order valence-electron chi connectivity index (χ0n) is 15.5. The quantitative estimate of drug-likeness (QED) is 0.852. The zero-order valence-corrected chi connectivity index (χ0v) is 15.5. The molecule has 2 aromatic rings. The molecule has 1 unspecified atom stereocenters. The molecule has 6 nitrogen and oxygen atoms in total. The molecule has 0 radical (unpaired) electrons. The molecular weight excluding hydrogens is 342 g/mol. The second kappa shape index (κ2) is 8.03. The fraction of sp³-hybridized carbons (Fsp3) is 0.286. The summed E-state index contributed by atoms with van der Waals surface area (Å²) in [7, 11) is 3.95. The van der Waals surface area contributed by atoms with Gasteiger partial charge in [-0.1, -0.05) is 42.5 Å². The van der Waals surface area contributed by atoms with Crippen LogP contribution < -0.4 is 4.90 Å². The van der Waals surface area contributed by atoms with Crippen molar-refractivity contribution in [1.82, 2.24) is 5.01 Å². The minimum atomic E-state index is -0.985. The summed E-state index contributed by atoms with van der Waals surface area (Å²) in [5, 5.41) is 14.9. The van der Waals surface area contributed by atoms with Crippen LogP contribution in [0, 0.1) is 0 Å². The molecule has 0 spiro atoms. The first-order chi connectivity index (χ1) is 13.0. The fourth-order valence-electron chi connectivity index (χ4n) is 3.13. The minimum Gasteiger partial charge on any atom is -0.481 e. The largest absolute Gasteiger partial charge is 0.481 e. The Kier molecular flexibility index (Phi) is 5.54. The molecule has 1 amide bonds. The summed E-state index contributed by atoms with van der Waals surface area (Å²) in [5.74, 6) is -1.26. The monoisotopic (exact) mass is 365 g/mol. The number of rotatable bonds is 6. The summed E-state index contributed by atoms with van der Waals surface area (Å²) < 4.78 is 0. The first kappa shape index (κ1) is 18.6. The van der Waals surface area contributed by atoms with Gasteiger partial charge in [0.15, 0.2) is 0 Å². The molecule has 0 saturated carbocycles. The van der Waals surface area contributed by atoms with Gasteiger partial charge in [-0.15, -0.1) is 0 Å². The van der Waals surface area contributed by atoms with Crippen LogP contribution in [0.2, 0.25) is 0 Å². The highest BCUT2D eigenvalue weighted by molar-refractivity contribution is 6.03. The van der Waals surface area contributed by atoms with Crippen LogP contribution in [-0.4, -0.2) is 41.8 Å². The Labute approximate surface area is 158 Å². The number of carboxylic acid groups (broad SMARTS) is 1. The van der Waals surface area contributed by atoms with E-state index >= 15 is 0 Å². The van der Waals surface area contributed by atoms with Crippen LogP contribution in [0.25, 0.3) is 0 Å². The number of anilines is 1. The number of carboxylic acids is 1. The highest BCUT2D eigenvalue weighted by atomic mass is 16.4. The number of hydrazone groups is 1. The molecule has 0 saturated heterocycles. The van der Waals surface area contributed by atoms with E-state index in [4.69, 9.17) is 5.11 Å². The topological polar surface area (TPSA) is 73.2 Å². The van der Waals surface area contributed by atoms with Crippen molar-refractivity contribution < 1.29 is 14.7 Å². The Morgan fingerprint density at radius 2 is 1.74 bits per heavy atom. The predicted molar refractivity (Wildman–Crippen MR) is 105 cm³/mol. The standard InChI is InChI=1S/C21H23N3O3/c1-23(2)17-10-8-16(9-11-17)19-14-18(15-6-4-3-5-7-15)22-24(19)20(25)12-13-21(26)27/h3-11,19H,12-14H2,1-2H3,(H,26,27). The first-order valence-corrected chi connectivity index (χ1v) is 8.89. The molecule has 0 fully saturated rings. The number of hydrogen-bond donors (Lipinski definition) is 1. The Morgan fingerprint density at radius 3 is 2.33 bits per heavy atom. The molecule has 0 aromatic heterocycles. The van der Waals surface area contributed by atoms with Crippen LogP contribution >= 0.6 is 0 Å². The van der Waals surface area contributed by atoms with Gasteiger partial charge >= 0.3 is 5.97 Å². The van der Waals surface area contributed by atoms with Gasteiger partial charge in [-0.05, 0) is 23.3 Å². The van der Waals surface area contributed by atoms with Crippen molar-refractivity contribution in [2.45, 2.75) is 25.3 Å². The maximum absolute atomic E-state index is 12.6. The molecule has 27 heavy (non-hydrogen) atoms. The molecule has 1 aliphatic heterocycles. The Bertz CT molecular complexity index is 845. The number of benzene rings is 2. The molecular formula is C21H23N3O3. The first-order valence-electron chi connectivity index (χ1n) is 8.89. The number of nitrogens with zero attached hydrogens (tertiary/aromatic N) is 3. The lowest BCUT2D eigenvalue weighted by atomic mass is 9.98. The van der Waals surface area contributed by atoms with Crippen molar-refractivity contribution in [3.8, 4) is 0 Å². The summed E-state index contributed by atoms with van der Waals surface area (Å²) >= 11 is 0. The molecule has 1 N–H and O–H groups in total. The zero-order chi connectivity index (χ0) is 19.4. The van der Waals surface area contributed by atoms with E-state index in [9.17, 15) is 9.59 Å². The SMILES string of the molecule is CN(C)c1ccc(C2CC(c3ccccc3)=NN2C(=O)CCC(=O)O)cc1. The number of carbonyl (C=O) groups excluding carboxylic acids is 1. The number of amides is 1. The molecule has 1 heterocycles. The van der Waals surface area contributed by atoms with Crippen LogP contribution in [-0.2, 0) is 9.59 Å². The number of aliphatic carboxylic acids is 1. The van der Waals surface area contributed by atoms with Gasteiger partial charge in [0.1, 0.15) is 0 Å². The second-order valence-electron chi connectivity index (χ2n) is 6.75. The maximum Gasteiger partial charge on any atom is 0.303 e. The van der Waals surface area contributed by atoms with Gasteiger partial charge in [-0.25, -0.2) is 5.01 Å². The van der Waals surface area contributed by atoms with E-state index in [1.54, 1.807) is 0 Å². The highest BCUT2D eigenvalue weighted by Crippen LogP contribution is 2.34. The van der Waals surface area contributed by atoms with Gasteiger partial charge in [0.25, 0.3) is 0 Å². The third kappa shape index (κ3) is 4.34. The number of carbonyl (C=O) groups is 2. The summed E-state index contributed by atoms with van der Waals surface area (Å²) in [6.07, 6.45) is 0.342. The summed E-state index contributed by atoms with van der Waals surface area (Å²) in [6, 6.07) is 17.5. The van der Waals surface area contributed by atoms with Crippen LogP contribution in [0.5, 0.6) is 0 Å². The Balaban J connectivity index is 1.88. The number of hydrogen-bond acceptors (Lipinski definition) is 4. The van der Waals surface area contributed by atoms with Gasteiger partial charge in [0, 0.05) is 32.6 Å². The van der Waals surface area contributed by atoms with Crippen molar-refractivity contribution in [2.75, 3.05) is 19.0 Å². The van der Waals surface area contributed by atoms with Crippen molar-refractivity contribution in [2.24, 2.45) is 5.10 Å². The second-order valence-corrected chi connectivity index (χ2v) is 6.75. The summed E-state index contributed by atoms with van der Waals surface area (Å²) in [4.78, 5) is 25.5. The third-order valence-corrected chi connectivity index (χ3v) is 4.62. The van der Waals surface area contributed by atoms with E-state index in [1.165, 1.54) is 5.01 Å². The predicted octanol–water partition coefficient (Wildman–Crippen LogP) is 3.30. The summed E-state index contributed by atoms with van der Waals surface area (Å²) in [5.41, 5.74) is 3.87. The van der Waals surface area contributed by atoms with Crippen molar-refractivity contribution >= 4 is 23.3 Å². The molecule has 3 rings (SSSR count). The molecule has 2 aromatic carbocycles. The van der Waals surface area contributed by atoms with E-state index in [-0.39, 0.29) is 24.8 Å². The molecule has 1 atom stereocenters. The van der Waals surface area contributed by atoms with Gasteiger partial charge in [0.05, 0.1) is 18.2 Å².